The molecule has 0 fully saturated rings. The maximum atomic E-state index is 12.9. The van der Waals surface area contributed by atoms with Gasteiger partial charge in [-0.2, -0.15) is 0 Å². The van der Waals surface area contributed by atoms with Crippen molar-refractivity contribution in [3.63, 3.8) is 0 Å². The Hall–Kier alpha value is -3.66. The van der Waals surface area contributed by atoms with Crippen molar-refractivity contribution in [2.45, 2.75) is 13.0 Å². The minimum atomic E-state index is -0.500. The number of hydrogen-bond acceptors (Lipinski definition) is 3. The van der Waals surface area contributed by atoms with Gasteiger partial charge in [0, 0.05) is 0 Å². The van der Waals surface area contributed by atoms with Gasteiger partial charge in [-0.25, -0.2) is 4.79 Å². The molecule has 0 aliphatic rings. The summed E-state index contributed by atoms with van der Waals surface area (Å²) in [7, 11) is 0. The highest BCUT2D eigenvalue weighted by Crippen LogP contribution is 2.29. The minimum absolute atomic E-state index is 0.166. The van der Waals surface area contributed by atoms with E-state index in [4.69, 9.17) is 4.74 Å². The van der Waals surface area contributed by atoms with Crippen molar-refractivity contribution in [3.05, 3.63) is 96.1 Å². The average Bonchev–Trinajstić information content (AvgIpc) is 2.76. The van der Waals surface area contributed by atoms with E-state index in [-0.39, 0.29) is 18.6 Å². The molecule has 0 aliphatic heterocycles. The third kappa shape index (κ3) is 3.97. The maximum Gasteiger partial charge on any atom is 0.339 e. The van der Waals surface area contributed by atoms with Gasteiger partial charge in [-0.15, -0.1) is 0 Å². The lowest BCUT2D eigenvalue weighted by molar-refractivity contribution is -0.124. The molecule has 29 heavy (non-hydrogen) atoms. The number of amides is 1. The fraction of sp³-hybridized carbons (Fsp3) is 0.120. The SMILES string of the molecule is C[C@H](NC(=O)COC(=O)c1c2ccccc2cc2ccccc12)c1ccccc1. The van der Waals surface area contributed by atoms with Crippen LogP contribution in [0.5, 0.6) is 0 Å². The molecule has 0 radical (unpaired) electrons. The largest absolute Gasteiger partial charge is 0.452 e. The molecule has 0 bridgehead atoms. The lowest BCUT2D eigenvalue weighted by atomic mass is 9.97. The monoisotopic (exact) mass is 383 g/mol. The van der Waals surface area contributed by atoms with E-state index in [2.05, 4.69) is 11.4 Å². The van der Waals surface area contributed by atoms with Crippen LogP contribution in [0.3, 0.4) is 0 Å². The first-order valence-corrected chi connectivity index (χ1v) is 9.55. The number of benzene rings is 4. The van der Waals surface area contributed by atoms with Crippen molar-refractivity contribution < 1.29 is 14.3 Å². The van der Waals surface area contributed by atoms with Crippen molar-refractivity contribution in [2.24, 2.45) is 0 Å². The number of carbonyl (C=O) groups excluding carboxylic acids is 2. The Labute approximate surface area is 169 Å². The Morgan fingerprint density at radius 1 is 0.828 bits per heavy atom. The van der Waals surface area contributed by atoms with Crippen LogP contribution in [0.4, 0.5) is 0 Å². The van der Waals surface area contributed by atoms with Crippen molar-refractivity contribution in [1.82, 2.24) is 5.32 Å². The van der Waals surface area contributed by atoms with Crippen LogP contribution in [0.1, 0.15) is 28.9 Å². The number of esters is 1. The van der Waals surface area contributed by atoms with Gasteiger partial charge in [-0.3, -0.25) is 4.79 Å². The molecular weight excluding hydrogens is 362 g/mol. The van der Waals surface area contributed by atoms with Crippen LogP contribution in [-0.4, -0.2) is 18.5 Å². The number of carbonyl (C=O) groups is 2. The van der Waals surface area contributed by atoms with Gasteiger partial charge in [0.15, 0.2) is 6.61 Å². The van der Waals surface area contributed by atoms with Gasteiger partial charge in [-0.05, 0) is 40.1 Å². The molecule has 0 aliphatic carbocycles. The smallest absolute Gasteiger partial charge is 0.339 e. The molecule has 0 heterocycles. The summed E-state index contributed by atoms with van der Waals surface area (Å²) in [6.07, 6.45) is 0. The van der Waals surface area contributed by atoms with Crippen LogP contribution in [0, 0.1) is 0 Å². The fourth-order valence-electron chi connectivity index (χ4n) is 3.55. The van der Waals surface area contributed by atoms with E-state index in [1.165, 1.54) is 0 Å². The number of fused-ring (bicyclic) bond motifs is 2. The van der Waals surface area contributed by atoms with Crippen LogP contribution in [0.2, 0.25) is 0 Å². The molecule has 0 saturated carbocycles. The Kier molecular flexibility index (Phi) is 5.25. The molecule has 1 N–H and O–H groups in total. The molecular formula is C25H21NO3. The molecule has 144 valence electrons. The second-order valence-electron chi connectivity index (χ2n) is 6.97. The molecule has 0 aromatic heterocycles. The highest BCUT2D eigenvalue weighted by Gasteiger charge is 2.18. The van der Waals surface area contributed by atoms with Crippen LogP contribution in [0.25, 0.3) is 21.5 Å². The fourth-order valence-corrected chi connectivity index (χ4v) is 3.55. The van der Waals surface area contributed by atoms with Gasteiger partial charge in [-0.1, -0.05) is 78.9 Å². The molecule has 4 heteroatoms. The Bertz CT molecular complexity index is 1130. The summed E-state index contributed by atoms with van der Waals surface area (Å²) in [5, 5.41) is 6.41. The van der Waals surface area contributed by atoms with Crippen molar-refractivity contribution in [3.8, 4) is 0 Å². The summed E-state index contributed by atoms with van der Waals surface area (Å²) in [5.41, 5.74) is 1.48. The highest BCUT2D eigenvalue weighted by molar-refractivity contribution is 6.16. The number of hydrogen-bond donors (Lipinski definition) is 1. The van der Waals surface area contributed by atoms with Crippen molar-refractivity contribution >= 4 is 33.4 Å². The second-order valence-corrected chi connectivity index (χ2v) is 6.97. The van der Waals surface area contributed by atoms with Gasteiger partial charge < -0.3 is 10.1 Å². The van der Waals surface area contributed by atoms with E-state index in [0.717, 1.165) is 27.1 Å². The van der Waals surface area contributed by atoms with E-state index >= 15 is 0 Å². The number of rotatable bonds is 5. The highest BCUT2D eigenvalue weighted by atomic mass is 16.5. The van der Waals surface area contributed by atoms with E-state index < -0.39 is 5.97 Å². The van der Waals surface area contributed by atoms with Crippen LogP contribution >= 0.6 is 0 Å². The predicted octanol–water partition coefficient (Wildman–Crippen LogP) is 5.03. The third-order valence-corrected chi connectivity index (χ3v) is 4.99. The molecule has 0 unspecified atom stereocenters. The van der Waals surface area contributed by atoms with Crippen LogP contribution < -0.4 is 5.32 Å². The van der Waals surface area contributed by atoms with E-state index in [0.29, 0.717) is 5.56 Å². The Morgan fingerprint density at radius 2 is 1.38 bits per heavy atom. The number of nitrogens with one attached hydrogen (secondary N) is 1. The summed E-state index contributed by atoms with van der Waals surface area (Å²) in [6, 6.07) is 26.9. The molecule has 0 saturated heterocycles. The predicted molar refractivity (Wildman–Crippen MR) is 115 cm³/mol. The summed E-state index contributed by atoms with van der Waals surface area (Å²) >= 11 is 0. The topological polar surface area (TPSA) is 55.4 Å². The first kappa shape index (κ1) is 18.7. The molecule has 0 spiro atoms. The molecule has 4 rings (SSSR count). The molecule has 1 amide bonds. The summed E-state index contributed by atoms with van der Waals surface area (Å²) in [6.45, 7) is 1.57. The number of ether oxygens (including phenoxy) is 1. The molecule has 1 atom stereocenters. The third-order valence-electron chi connectivity index (χ3n) is 4.99. The lowest BCUT2D eigenvalue weighted by Crippen LogP contribution is -2.31. The van der Waals surface area contributed by atoms with E-state index in [1.807, 2.05) is 85.8 Å². The Balaban J connectivity index is 1.54. The van der Waals surface area contributed by atoms with Gasteiger partial charge in [0.25, 0.3) is 5.91 Å². The normalized spacial score (nSPS) is 11.9. The van der Waals surface area contributed by atoms with Gasteiger partial charge in [0.1, 0.15) is 0 Å². The van der Waals surface area contributed by atoms with Crippen LogP contribution in [0.15, 0.2) is 84.9 Å². The second kappa shape index (κ2) is 8.15. The zero-order chi connectivity index (χ0) is 20.2. The molecule has 4 nitrogen and oxygen atoms in total. The lowest BCUT2D eigenvalue weighted by Gasteiger charge is -2.15. The van der Waals surface area contributed by atoms with Gasteiger partial charge in [0.05, 0.1) is 11.6 Å². The van der Waals surface area contributed by atoms with E-state index in [9.17, 15) is 9.59 Å². The maximum absolute atomic E-state index is 12.9. The van der Waals surface area contributed by atoms with E-state index in [1.54, 1.807) is 0 Å². The summed E-state index contributed by atoms with van der Waals surface area (Å²) in [5.74, 6) is -0.834. The molecule has 4 aromatic carbocycles. The van der Waals surface area contributed by atoms with Crippen LogP contribution in [-0.2, 0) is 9.53 Å². The zero-order valence-corrected chi connectivity index (χ0v) is 16.1. The van der Waals surface area contributed by atoms with Gasteiger partial charge in [0.2, 0.25) is 0 Å². The zero-order valence-electron chi connectivity index (χ0n) is 16.1. The average molecular weight is 383 g/mol. The first-order valence-electron chi connectivity index (χ1n) is 9.55. The summed E-state index contributed by atoms with van der Waals surface area (Å²) < 4.78 is 5.39. The summed E-state index contributed by atoms with van der Waals surface area (Å²) in [4.78, 5) is 25.2. The standard InChI is InChI=1S/C25H21NO3/c1-17(18-9-3-2-4-10-18)26-23(27)16-29-25(28)24-21-13-7-5-11-19(21)15-20-12-6-8-14-22(20)24/h2-15,17H,16H2,1H3,(H,26,27)/t17-/m0/s1. The van der Waals surface area contributed by atoms with Crippen molar-refractivity contribution in [2.75, 3.05) is 6.61 Å². The van der Waals surface area contributed by atoms with Crippen molar-refractivity contribution in [1.29, 1.82) is 0 Å². The molecule has 4 aromatic rings. The first-order chi connectivity index (χ1) is 14.1. The van der Waals surface area contributed by atoms with Gasteiger partial charge >= 0.3 is 5.97 Å². The minimum Gasteiger partial charge on any atom is -0.452 e. The Morgan fingerprint density at radius 3 is 2.00 bits per heavy atom. The quantitative estimate of drug-likeness (QED) is 0.389.